The Kier molecular flexibility index (Phi) is 5.05. The summed E-state index contributed by atoms with van der Waals surface area (Å²) in [6, 6.07) is 8.59. The number of piperazine rings is 1. The van der Waals surface area contributed by atoms with E-state index in [0.717, 1.165) is 59.7 Å². The summed E-state index contributed by atoms with van der Waals surface area (Å²) in [5.41, 5.74) is 2.25. The molecule has 3 saturated heterocycles. The fourth-order valence-electron chi connectivity index (χ4n) is 5.79. The van der Waals surface area contributed by atoms with Gasteiger partial charge in [0.15, 0.2) is 11.6 Å². The van der Waals surface area contributed by atoms with Crippen LogP contribution in [0.25, 0.3) is 32.5 Å². The minimum Gasteiger partial charge on any atom is -0.378 e. The SMILES string of the molecule is Fc1ccc2[nH]ccc2c1-c1nc(N2CCOCC2)c2sc(CN3C4CCC3CNC4)cc2n1. The zero-order valence-corrected chi connectivity index (χ0v) is 19.7. The lowest BCUT2D eigenvalue weighted by molar-refractivity contribution is 0.122. The van der Waals surface area contributed by atoms with E-state index >= 15 is 4.39 Å². The van der Waals surface area contributed by atoms with Crippen LogP contribution in [0.5, 0.6) is 0 Å². The maximum atomic E-state index is 15.1. The molecule has 1 aromatic carbocycles. The zero-order chi connectivity index (χ0) is 22.6. The summed E-state index contributed by atoms with van der Waals surface area (Å²) in [4.78, 5) is 19.3. The largest absolute Gasteiger partial charge is 0.378 e. The van der Waals surface area contributed by atoms with Gasteiger partial charge in [0, 0.05) is 66.8 Å². The van der Waals surface area contributed by atoms with E-state index in [9.17, 15) is 0 Å². The van der Waals surface area contributed by atoms with Crippen LogP contribution in [-0.2, 0) is 11.3 Å². The molecule has 0 saturated carbocycles. The Morgan fingerprint density at radius 2 is 1.91 bits per heavy atom. The van der Waals surface area contributed by atoms with Gasteiger partial charge in [-0.05, 0) is 37.1 Å². The summed E-state index contributed by atoms with van der Waals surface area (Å²) in [5.74, 6) is 1.05. The quantitative estimate of drug-likeness (QED) is 0.466. The van der Waals surface area contributed by atoms with Crippen molar-refractivity contribution >= 4 is 38.3 Å². The van der Waals surface area contributed by atoms with Gasteiger partial charge in [-0.15, -0.1) is 11.3 Å². The standard InChI is InChI=1S/C25H27FN6OS/c26-19-3-4-20-18(5-6-28-20)22(19)24-29-21-11-17(14-32-15-1-2-16(32)13-27-12-15)34-23(21)25(30-24)31-7-9-33-10-8-31/h3-6,11,15-16,27-28H,1-2,7-10,12-14H2. The first-order chi connectivity index (χ1) is 16.7. The average Bonchev–Trinajstić information content (AvgIpc) is 3.54. The van der Waals surface area contributed by atoms with Gasteiger partial charge in [0.05, 0.1) is 29.0 Å². The predicted molar refractivity (Wildman–Crippen MR) is 133 cm³/mol. The molecule has 34 heavy (non-hydrogen) atoms. The molecule has 3 aromatic heterocycles. The van der Waals surface area contributed by atoms with Crippen molar-refractivity contribution < 1.29 is 9.13 Å². The molecule has 2 N–H and O–H groups in total. The third-order valence-electron chi connectivity index (χ3n) is 7.49. The van der Waals surface area contributed by atoms with Gasteiger partial charge in [0.2, 0.25) is 0 Å². The first-order valence-corrected chi connectivity index (χ1v) is 12.9. The van der Waals surface area contributed by atoms with Gasteiger partial charge in [-0.3, -0.25) is 4.90 Å². The van der Waals surface area contributed by atoms with Crippen molar-refractivity contribution in [2.75, 3.05) is 44.3 Å². The number of ether oxygens (including phenoxy) is 1. The lowest BCUT2D eigenvalue weighted by atomic mass is 10.1. The van der Waals surface area contributed by atoms with E-state index in [1.165, 1.54) is 23.8 Å². The highest BCUT2D eigenvalue weighted by Gasteiger charge is 2.36. The number of benzene rings is 1. The van der Waals surface area contributed by atoms with Gasteiger partial charge >= 0.3 is 0 Å². The number of thiophene rings is 1. The number of fused-ring (bicyclic) bond motifs is 4. The van der Waals surface area contributed by atoms with Crippen LogP contribution in [0.2, 0.25) is 0 Å². The molecule has 0 aliphatic carbocycles. The number of halogens is 1. The summed E-state index contributed by atoms with van der Waals surface area (Å²) < 4.78 is 21.8. The maximum Gasteiger partial charge on any atom is 0.165 e. The second kappa shape index (κ2) is 8.27. The molecule has 3 aliphatic heterocycles. The summed E-state index contributed by atoms with van der Waals surface area (Å²) in [6.45, 7) is 5.98. The lowest BCUT2D eigenvalue weighted by Gasteiger charge is -2.34. The number of morpholine rings is 1. The Labute approximate surface area is 200 Å². The third-order valence-corrected chi connectivity index (χ3v) is 8.60. The number of nitrogens with zero attached hydrogens (tertiary/aromatic N) is 4. The van der Waals surface area contributed by atoms with Crippen LogP contribution < -0.4 is 10.2 Å². The molecule has 2 bridgehead atoms. The smallest absolute Gasteiger partial charge is 0.165 e. The van der Waals surface area contributed by atoms with E-state index in [-0.39, 0.29) is 5.82 Å². The van der Waals surface area contributed by atoms with E-state index in [4.69, 9.17) is 14.7 Å². The van der Waals surface area contributed by atoms with Crippen molar-refractivity contribution in [3.8, 4) is 11.4 Å². The Bertz CT molecular complexity index is 1350. The van der Waals surface area contributed by atoms with Crippen LogP contribution in [0.1, 0.15) is 17.7 Å². The van der Waals surface area contributed by atoms with E-state index in [2.05, 4.69) is 26.2 Å². The van der Waals surface area contributed by atoms with Gasteiger partial charge < -0.3 is 19.9 Å². The van der Waals surface area contributed by atoms with Crippen LogP contribution in [0.4, 0.5) is 10.2 Å². The van der Waals surface area contributed by atoms with Crippen molar-refractivity contribution in [3.05, 3.63) is 41.2 Å². The van der Waals surface area contributed by atoms with E-state index in [1.807, 2.05) is 12.3 Å². The number of aromatic amines is 1. The second-order valence-electron chi connectivity index (χ2n) is 9.47. The predicted octanol–water partition coefficient (Wildman–Crippen LogP) is 3.75. The Hall–Kier alpha value is -2.59. The monoisotopic (exact) mass is 478 g/mol. The molecular weight excluding hydrogens is 451 g/mol. The second-order valence-corrected chi connectivity index (χ2v) is 10.6. The number of hydrogen-bond acceptors (Lipinski definition) is 7. The molecule has 4 aromatic rings. The Balaban J connectivity index is 1.35. The molecule has 7 nitrogen and oxygen atoms in total. The first kappa shape index (κ1) is 20.8. The normalized spacial score (nSPS) is 23.4. The van der Waals surface area contributed by atoms with Crippen LogP contribution in [-0.4, -0.2) is 71.3 Å². The number of nitrogens with one attached hydrogen (secondary N) is 2. The number of anilines is 1. The van der Waals surface area contributed by atoms with Gasteiger partial charge in [0.25, 0.3) is 0 Å². The van der Waals surface area contributed by atoms with Crippen LogP contribution in [0.3, 0.4) is 0 Å². The molecule has 176 valence electrons. The molecule has 7 rings (SSSR count). The van der Waals surface area contributed by atoms with Crippen molar-refractivity contribution in [1.29, 1.82) is 0 Å². The summed E-state index contributed by atoms with van der Waals surface area (Å²) >= 11 is 1.79. The minimum atomic E-state index is -0.299. The van der Waals surface area contributed by atoms with E-state index < -0.39 is 0 Å². The van der Waals surface area contributed by atoms with Gasteiger partial charge in [-0.2, -0.15) is 0 Å². The van der Waals surface area contributed by atoms with Crippen molar-refractivity contribution in [2.24, 2.45) is 0 Å². The molecule has 2 atom stereocenters. The third kappa shape index (κ3) is 3.41. The fourth-order valence-corrected chi connectivity index (χ4v) is 6.91. The molecule has 2 unspecified atom stereocenters. The van der Waals surface area contributed by atoms with Crippen molar-refractivity contribution in [3.63, 3.8) is 0 Å². The van der Waals surface area contributed by atoms with Crippen LogP contribution in [0.15, 0.2) is 30.5 Å². The van der Waals surface area contributed by atoms with Gasteiger partial charge in [-0.1, -0.05) is 0 Å². The highest BCUT2D eigenvalue weighted by atomic mass is 32.1. The zero-order valence-electron chi connectivity index (χ0n) is 18.9. The highest BCUT2D eigenvalue weighted by Crippen LogP contribution is 2.38. The lowest BCUT2D eigenvalue weighted by Crippen LogP contribution is -2.51. The molecule has 3 aliphatic rings. The molecule has 0 radical (unpaired) electrons. The Morgan fingerprint density at radius 3 is 2.74 bits per heavy atom. The van der Waals surface area contributed by atoms with Crippen LogP contribution >= 0.6 is 11.3 Å². The molecule has 6 heterocycles. The van der Waals surface area contributed by atoms with Crippen LogP contribution in [0, 0.1) is 5.82 Å². The number of rotatable bonds is 4. The first-order valence-electron chi connectivity index (χ1n) is 12.1. The maximum absolute atomic E-state index is 15.1. The molecule has 3 fully saturated rings. The summed E-state index contributed by atoms with van der Waals surface area (Å²) in [6.07, 6.45) is 4.37. The highest BCUT2D eigenvalue weighted by molar-refractivity contribution is 7.19. The fraction of sp³-hybridized carbons (Fsp3) is 0.440. The molecule has 9 heteroatoms. The topological polar surface area (TPSA) is 69.3 Å². The summed E-state index contributed by atoms with van der Waals surface area (Å²) in [5, 5.41) is 4.37. The molecule has 0 spiro atoms. The van der Waals surface area contributed by atoms with Crippen molar-refractivity contribution in [2.45, 2.75) is 31.5 Å². The minimum absolute atomic E-state index is 0.299. The average molecular weight is 479 g/mol. The van der Waals surface area contributed by atoms with Crippen molar-refractivity contribution in [1.82, 2.24) is 25.2 Å². The van der Waals surface area contributed by atoms with E-state index in [1.54, 1.807) is 17.4 Å². The molecule has 0 amide bonds. The molecular formula is C25H27FN6OS. The number of aromatic nitrogens is 3. The number of H-pyrrole nitrogens is 1. The Morgan fingerprint density at radius 1 is 1.09 bits per heavy atom. The van der Waals surface area contributed by atoms with E-state index in [0.29, 0.717) is 36.7 Å². The van der Waals surface area contributed by atoms with Gasteiger partial charge in [0.1, 0.15) is 5.82 Å². The van der Waals surface area contributed by atoms with Gasteiger partial charge in [-0.25, -0.2) is 14.4 Å². The number of hydrogen-bond donors (Lipinski definition) is 2. The summed E-state index contributed by atoms with van der Waals surface area (Å²) in [7, 11) is 0.